The second kappa shape index (κ2) is 11.4. The fraction of sp³-hybridized carbons (Fsp3) is 0.259. The minimum absolute atomic E-state index is 0. The summed E-state index contributed by atoms with van der Waals surface area (Å²) >= 11 is 0. The second-order valence-electron chi connectivity index (χ2n) is 8.26. The van der Waals surface area contributed by atoms with Crippen molar-refractivity contribution in [3.8, 4) is 34.0 Å². The van der Waals surface area contributed by atoms with E-state index in [1.165, 1.54) is 0 Å². The van der Waals surface area contributed by atoms with E-state index in [2.05, 4.69) is 40.6 Å². The monoisotopic (exact) mass is 479 g/mol. The van der Waals surface area contributed by atoms with Gasteiger partial charge in [0.25, 0.3) is 0 Å². The zero-order chi connectivity index (χ0) is 23.3. The van der Waals surface area contributed by atoms with Crippen molar-refractivity contribution in [1.29, 1.82) is 0 Å². The summed E-state index contributed by atoms with van der Waals surface area (Å²) in [5, 5.41) is 31.2. The zero-order valence-electron chi connectivity index (χ0n) is 19.4. The van der Waals surface area contributed by atoms with Crippen LogP contribution >= 0.6 is 12.4 Å². The van der Waals surface area contributed by atoms with Gasteiger partial charge in [-0.1, -0.05) is 61.5 Å². The number of nitrogens with one attached hydrogen (secondary N) is 1. The highest BCUT2D eigenvalue weighted by molar-refractivity contribution is 5.85. The first kappa shape index (κ1) is 25.6. The maximum absolute atomic E-state index is 9.66. The molecule has 0 radical (unpaired) electrons. The molecule has 3 aromatic carbocycles. The summed E-state index contributed by atoms with van der Waals surface area (Å²) in [5.41, 5.74) is 5.38. The lowest BCUT2D eigenvalue weighted by molar-refractivity contribution is 0.0864. The van der Waals surface area contributed by atoms with Crippen LogP contribution in [0.15, 0.2) is 77.2 Å². The average molecular weight is 480 g/mol. The Labute approximate surface area is 206 Å². The second-order valence-corrected chi connectivity index (χ2v) is 8.26. The Morgan fingerprint density at radius 2 is 1.47 bits per heavy atom. The van der Waals surface area contributed by atoms with Crippen LogP contribution in [0.25, 0.3) is 34.0 Å². The first-order chi connectivity index (χ1) is 16.1. The highest BCUT2D eigenvalue weighted by atomic mass is 35.5. The molecule has 0 aliphatic rings. The highest BCUT2D eigenvalue weighted by Gasteiger charge is 2.25. The predicted octanol–water partition coefficient (Wildman–Crippen LogP) is 5.02. The van der Waals surface area contributed by atoms with Crippen molar-refractivity contribution in [2.24, 2.45) is 0 Å². The Morgan fingerprint density at radius 3 is 2.18 bits per heavy atom. The van der Waals surface area contributed by atoms with Gasteiger partial charge in [0.2, 0.25) is 11.8 Å². The number of nitrogens with zero attached hydrogens (tertiary/aromatic N) is 2. The van der Waals surface area contributed by atoms with E-state index in [1.807, 2.05) is 61.5 Å². The van der Waals surface area contributed by atoms with Gasteiger partial charge in [0, 0.05) is 17.7 Å². The van der Waals surface area contributed by atoms with E-state index in [0.717, 1.165) is 33.4 Å². The van der Waals surface area contributed by atoms with Crippen LogP contribution in [-0.4, -0.2) is 39.2 Å². The number of halogens is 1. The first-order valence-electron chi connectivity index (χ1n) is 11.1. The van der Waals surface area contributed by atoms with E-state index in [0.29, 0.717) is 24.7 Å². The topological polar surface area (TPSA) is 91.4 Å². The average Bonchev–Trinajstić information content (AvgIpc) is 3.36. The molecule has 34 heavy (non-hydrogen) atoms. The van der Waals surface area contributed by atoms with Crippen LogP contribution in [0, 0.1) is 6.92 Å². The standard InChI is InChI=1S/C27H29N3O3.ClH/c1-3-27(17-31,18-32)28-16-20-9-7-12-22(15-20)25-29-30-26(33-25)24-14-8-13-23(19(24)2)21-10-5-4-6-11-21;/h4-15,28,31-32H,3,16-18H2,1-2H3;1H. The van der Waals surface area contributed by atoms with Gasteiger partial charge in [-0.25, -0.2) is 0 Å². The summed E-state index contributed by atoms with van der Waals surface area (Å²) in [6.45, 7) is 4.24. The molecule has 7 heteroatoms. The summed E-state index contributed by atoms with van der Waals surface area (Å²) in [6, 6.07) is 24.2. The number of hydrogen-bond donors (Lipinski definition) is 3. The van der Waals surface area contributed by atoms with E-state index >= 15 is 0 Å². The van der Waals surface area contributed by atoms with Crippen LogP contribution in [-0.2, 0) is 6.54 Å². The summed E-state index contributed by atoms with van der Waals surface area (Å²) in [5.74, 6) is 0.928. The molecule has 0 fully saturated rings. The SMILES string of the molecule is CCC(CO)(CO)NCc1cccc(-c2nnc(-c3cccc(-c4ccccc4)c3C)o2)c1.Cl. The van der Waals surface area contributed by atoms with Crippen molar-refractivity contribution in [1.82, 2.24) is 15.5 Å². The first-order valence-corrected chi connectivity index (χ1v) is 11.1. The van der Waals surface area contributed by atoms with Crippen LogP contribution in [0.1, 0.15) is 24.5 Å². The van der Waals surface area contributed by atoms with Crippen molar-refractivity contribution in [2.75, 3.05) is 13.2 Å². The molecule has 4 aromatic rings. The molecule has 4 rings (SSSR count). The lowest BCUT2D eigenvalue weighted by atomic mass is 9.96. The molecule has 178 valence electrons. The third kappa shape index (κ3) is 5.37. The lowest BCUT2D eigenvalue weighted by Gasteiger charge is -2.30. The minimum Gasteiger partial charge on any atom is -0.416 e. The summed E-state index contributed by atoms with van der Waals surface area (Å²) in [6.07, 6.45) is 0.619. The molecule has 0 aliphatic carbocycles. The molecule has 1 aromatic heterocycles. The van der Waals surface area contributed by atoms with Crippen molar-refractivity contribution in [2.45, 2.75) is 32.4 Å². The van der Waals surface area contributed by atoms with Crippen LogP contribution in [0.5, 0.6) is 0 Å². The molecule has 0 aliphatic heterocycles. The van der Waals surface area contributed by atoms with Crippen LogP contribution in [0.2, 0.25) is 0 Å². The molecule has 0 atom stereocenters. The number of aliphatic hydroxyl groups is 2. The molecule has 0 saturated carbocycles. The summed E-state index contributed by atoms with van der Waals surface area (Å²) in [7, 11) is 0. The molecule has 1 heterocycles. The molecule has 0 bridgehead atoms. The number of hydrogen-bond acceptors (Lipinski definition) is 6. The van der Waals surface area contributed by atoms with E-state index < -0.39 is 5.54 Å². The van der Waals surface area contributed by atoms with E-state index in [-0.39, 0.29) is 25.6 Å². The van der Waals surface area contributed by atoms with Crippen LogP contribution < -0.4 is 5.32 Å². The van der Waals surface area contributed by atoms with Gasteiger partial charge in [0.1, 0.15) is 0 Å². The Kier molecular flexibility index (Phi) is 8.58. The van der Waals surface area contributed by atoms with Crippen LogP contribution in [0.3, 0.4) is 0 Å². The minimum atomic E-state index is -0.699. The van der Waals surface area contributed by atoms with Crippen molar-refractivity contribution in [3.05, 3.63) is 83.9 Å². The van der Waals surface area contributed by atoms with Crippen molar-refractivity contribution >= 4 is 12.4 Å². The largest absolute Gasteiger partial charge is 0.416 e. The smallest absolute Gasteiger partial charge is 0.248 e. The molecule has 0 spiro atoms. The van der Waals surface area contributed by atoms with Gasteiger partial charge in [-0.05, 0) is 53.8 Å². The molecule has 0 unspecified atom stereocenters. The van der Waals surface area contributed by atoms with Gasteiger partial charge in [0.05, 0.1) is 18.8 Å². The van der Waals surface area contributed by atoms with Crippen molar-refractivity contribution < 1.29 is 14.6 Å². The third-order valence-electron chi connectivity index (χ3n) is 6.20. The molecular formula is C27H30ClN3O3. The van der Waals surface area contributed by atoms with Gasteiger partial charge >= 0.3 is 0 Å². The summed E-state index contributed by atoms with van der Waals surface area (Å²) in [4.78, 5) is 0. The maximum atomic E-state index is 9.66. The fourth-order valence-electron chi connectivity index (χ4n) is 3.86. The zero-order valence-corrected chi connectivity index (χ0v) is 20.2. The fourth-order valence-corrected chi connectivity index (χ4v) is 3.86. The molecule has 0 amide bonds. The highest BCUT2D eigenvalue weighted by Crippen LogP contribution is 2.32. The lowest BCUT2D eigenvalue weighted by Crippen LogP contribution is -2.50. The van der Waals surface area contributed by atoms with Gasteiger partial charge in [-0.3, -0.25) is 0 Å². The molecule has 3 N–H and O–H groups in total. The Hall–Kier alpha value is -3.03. The van der Waals surface area contributed by atoms with Gasteiger partial charge < -0.3 is 19.9 Å². The quantitative estimate of drug-likeness (QED) is 0.312. The number of rotatable bonds is 9. The third-order valence-corrected chi connectivity index (χ3v) is 6.20. The van der Waals surface area contributed by atoms with Gasteiger partial charge in [0.15, 0.2) is 0 Å². The van der Waals surface area contributed by atoms with Gasteiger partial charge in [-0.15, -0.1) is 22.6 Å². The number of benzene rings is 3. The maximum Gasteiger partial charge on any atom is 0.248 e. The summed E-state index contributed by atoms with van der Waals surface area (Å²) < 4.78 is 6.07. The van der Waals surface area contributed by atoms with E-state index in [4.69, 9.17) is 4.42 Å². The number of aromatic nitrogens is 2. The van der Waals surface area contributed by atoms with E-state index in [9.17, 15) is 10.2 Å². The Balaban J connectivity index is 0.00000324. The Bertz CT molecular complexity index is 1200. The van der Waals surface area contributed by atoms with Crippen LogP contribution in [0.4, 0.5) is 0 Å². The van der Waals surface area contributed by atoms with E-state index in [1.54, 1.807) is 0 Å². The normalized spacial score (nSPS) is 11.3. The number of aliphatic hydroxyl groups excluding tert-OH is 2. The predicted molar refractivity (Wildman–Crippen MR) is 137 cm³/mol. The van der Waals surface area contributed by atoms with Crippen molar-refractivity contribution in [3.63, 3.8) is 0 Å². The molecule has 0 saturated heterocycles. The van der Waals surface area contributed by atoms with Gasteiger partial charge in [-0.2, -0.15) is 0 Å². The molecule has 6 nitrogen and oxygen atoms in total. The molecular weight excluding hydrogens is 450 g/mol. The Morgan fingerprint density at radius 1 is 0.824 bits per heavy atom.